The van der Waals surface area contributed by atoms with Crippen LogP contribution in [0.2, 0.25) is 5.02 Å². The number of aromatic nitrogens is 4. The van der Waals surface area contributed by atoms with Gasteiger partial charge in [0.25, 0.3) is 6.01 Å². The zero-order valence-corrected chi connectivity index (χ0v) is 13.7. The van der Waals surface area contributed by atoms with E-state index in [1.807, 2.05) is 18.5 Å². The summed E-state index contributed by atoms with van der Waals surface area (Å²) in [4.78, 5) is 15.0. The molecule has 2 saturated heterocycles. The third-order valence-corrected chi connectivity index (χ3v) is 4.81. The van der Waals surface area contributed by atoms with Crippen LogP contribution in [-0.4, -0.2) is 62.7 Å². The number of nitrogens with zero attached hydrogens (tertiary/aromatic N) is 2. The van der Waals surface area contributed by atoms with E-state index < -0.39 is 6.10 Å². The van der Waals surface area contributed by atoms with E-state index in [-0.39, 0.29) is 24.9 Å². The minimum atomic E-state index is -0.612. The summed E-state index contributed by atoms with van der Waals surface area (Å²) >= 11 is 6.33. The Bertz CT molecular complexity index is 912. The lowest BCUT2D eigenvalue weighted by Gasteiger charge is -2.15. The van der Waals surface area contributed by atoms with Crippen LogP contribution < -0.4 is 4.74 Å². The summed E-state index contributed by atoms with van der Waals surface area (Å²) in [5.41, 5.74) is 2.73. The predicted octanol–water partition coefficient (Wildman–Crippen LogP) is 1.51. The number of halogens is 1. The van der Waals surface area contributed by atoms with E-state index in [1.165, 1.54) is 0 Å². The van der Waals surface area contributed by atoms with Crippen molar-refractivity contribution in [2.45, 2.75) is 24.4 Å². The van der Waals surface area contributed by atoms with E-state index in [0.29, 0.717) is 34.5 Å². The van der Waals surface area contributed by atoms with E-state index >= 15 is 0 Å². The van der Waals surface area contributed by atoms with Crippen molar-refractivity contribution in [3.63, 3.8) is 0 Å². The number of pyridine rings is 1. The van der Waals surface area contributed by atoms with Gasteiger partial charge >= 0.3 is 0 Å². The smallest absolute Gasteiger partial charge is 0.296 e. The molecule has 3 aromatic heterocycles. The van der Waals surface area contributed by atoms with Gasteiger partial charge in [-0.05, 0) is 12.1 Å². The summed E-state index contributed by atoms with van der Waals surface area (Å²) < 4.78 is 17.0. The normalized spacial score (nSPS) is 28.6. The minimum Gasteiger partial charge on any atom is -0.456 e. The molecule has 2 aliphatic rings. The summed E-state index contributed by atoms with van der Waals surface area (Å²) in [6.07, 6.45) is 2.05. The number of ether oxygens (including phenoxy) is 3. The van der Waals surface area contributed by atoms with Crippen molar-refractivity contribution >= 4 is 22.8 Å². The molecule has 4 atom stereocenters. The summed E-state index contributed by atoms with van der Waals surface area (Å²) in [5, 5.41) is 10.3. The number of hydrogen-bond donors (Lipinski definition) is 3. The molecule has 0 spiro atoms. The highest BCUT2D eigenvalue weighted by Crippen LogP contribution is 2.31. The average Bonchev–Trinajstić information content (AvgIpc) is 3.34. The van der Waals surface area contributed by atoms with Crippen LogP contribution >= 0.6 is 11.6 Å². The highest BCUT2D eigenvalue weighted by molar-refractivity contribution is 6.33. The van der Waals surface area contributed by atoms with Crippen molar-refractivity contribution in [3.05, 3.63) is 29.5 Å². The summed E-state index contributed by atoms with van der Waals surface area (Å²) in [6.45, 7) is 0.596. The van der Waals surface area contributed by atoms with Gasteiger partial charge in [-0.1, -0.05) is 11.6 Å². The van der Waals surface area contributed by atoms with Gasteiger partial charge in [-0.3, -0.25) is 0 Å². The average molecular weight is 363 g/mol. The van der Waals surface area contributed by atoms with Crippen molar-refractivity contribution in [3.8, 4) is 17.3 Å². The van der Waals surface area contributed by atoms with E-state index in [1.54, 1.807) is 6.07 Å². The lowest BCUT2D eigenvalue weighted by molar-refractivity contribution is 0.00706. The summed E-state index contributed by atoms with van der Waals surface area (Å²) in [7, 11) is 0. The Balaban J connectivity index is 1.43. The van der Waals surface area contributed by atoms with Crippen molar-refractivity contribution < 1.29 is 19.3 Å². The first-order valence-electron chi connectivity index (χ1n) is 7.96. The van der Waals surface area contributed by atoms with Crippen molar-refractivity contribution in [2.24, 2.45) is 0 Å². The number of aromatic amines is 2. The van der Waals surface area contributed by atoms with Gasteiger partial charge in [-0.2, -0.15) is 4.98 Å². The number of hydrogen-bond acceptors (Lipinski definition) is 6. The lowest BCUT2D eigenvalue weighted by Crippen LogP contribution is -2.34. The highest BCUT2D eigenvalue weighted by Gasteiger charge is 2.48. The number of imidazole rings is 1. The SMILES string of the molecule is O[C@@H]1CO[C@H]2[C@@H]1OC[C@H]2Oc1nc2nc(-c3cc[nH]c3)c(Cl)cc2[nH]1. The Labute approximate surface area is 147 Å². The van der Waals surface area contributed by atoms with Crippen molar-refractivity contribution in [1.82, 2.24) is 19.9 Å². The minimum absolute atomic E-state index is 0.256. The van der Waals surface area contributed by atoms with E-state index in [4.69, 9.17) is 25.8 Å². The molecule has 0 aromatic carbocycles. The summed E-state index contributed by atoms with van der Waals surface area (Å²) in [5.74, 6) is 0. The number of rotatable bonds is 3. The van der Waals surface area contributed by atoms with Crippen molar-refractivity contribution in [1.29, 1.82) is 0 Å². The quantitative estimate of drug-likeness (QED) is 0.652. The molecule has 9 heteroatoms. The molecular weight excluding hydrogens is 348 g/mol. The second-order valence-corrected chi connectivity index (χ2v) is 6.56. The second kappa shape index (κ2) is 5.70. The predicted molar refractivity (Wildman–Crippen MR) is 88.6 cm³/mol. The monoisotopic (exact) mass is 362 g/mol. The first kappa shape index (κ1) is 15.2. The van der Waals surface area contributed by atoms with Crippen LogP contribution in [0.15, 0.2) is 24.5 Å². The number of fused-ring (bicyclic) bond motifs is 2. The molecule has 3 aromatic rings. The Kier molecular flexibility index (Phi) is 3.46. The lowest BCUT2D eigenvalue weighted by atomic mass is 10.1. The number of aliphatic hydroxyl groups is 1. The molecule has 2 fully saturated rings. The molecule has 0 saturated carbocycles. The maximum absolute atomic E-state index is 9.79. The Morgan fingerprint density at radius 1 is 1.24 bits per heavy atom. The van der Waals surface area contributed by atoms with E-state index in [9.17, 15) is 5.11 Å². The maximum Gasteiger partial charge on any atom is 0.296 e. The highest BCUT2D eigenvalue weighted by atomic mass is 35.5. The molecule has 0 unspecified atom stereocenters. The maximum atomic E-state index is 9.79. The molecule has 0 aliphatic carbocycles. The van der Waals surface area contributed by atoms with Crippen LogP contribution in [-0.2, 0) is 9.47 Å². The fourth-order valence-electron chi connectivity index (χ4n) is 3.31. The Morgan fingerprint density at radius 3 is 2.96 bits per heavy atom. The molecular formula is C16H15ClN4O4. The van der Waals surface area contributed by atoms with Gasteiger partial charge in [0.05, 0.1) is 29.4 Å². The van der Waals surface area contributed by atoms with E-state index in [2.05, 4.69) is 19.9 Å². The summed E-state index contributed by atoms with van der Waals surface area (Å²) in [6, 6.07) is 3.99. The molecule has 5 heterocycles. The molecule has 8 nitrogen and oxygen atoms in total. The number of aliphatic hydroxyl groups excluding tert-OH is 1. The first-order chi connectivity index (χ1) is 12.2. The third-order valence-electron chi connectivity index (χ3n) is 4.52. The molecule has 3 N–H and O–H groups in total. The third kappa shape index (κ3) is 2.49. The van der Waals surface area contributed by atoms with Gasteiger partial charge in [0.15, 0.2) is 11.8 Å². The van der Waals surface area contributed by atoms with Crippen LogP contribution in [0.5, 0.6) is 6.01 Å². The van der Waals surface area contributed by atoms with E-state index in [0.717, 1.165) is 5.56 Å². The molecule has 0 radical (unpaired) electrons. The number of nitrogens with one attached hydrogen (secondary N) is 2. The zero-order valence-electron chi connectivity index (χ0n) is 13.0. The topological polar surface area (TPSA) is 105 Å². The van der Waals surface area contributed by atoms with Gasteiger partial charge in [0.2, 0.25) is 0 Å². The van der Waals surface area contributed by atoms with Gasteiger partial charge in [-0.15, -0.1) is 0 Å². The number of H-pyrrole nitrogens is 2. The van der Waals surface area contributed by atoms with Gasteiger partial charge < -0.3 is 29.3 Å². The molecule has 0 amide bonds. The van der Waals surface area contributed by atoms with Crippen molar-refractivity contribution in [2.75, 3.05) is 13.2 Å². The fourth-order valence-corrected chi connectivity index (χ4v) is 3.57. The molecule has 0 bridgehead atoms. The standard InChI is InChI=1S/C16H15ClN4O4/c17-8-3-9-15(20-12(8)7-1-2-18-4-7)21-16(19-9)25-11-6-24-13-10(22)5-23-14(11)13/h1-4,10-11,13-14,18,22H,5-6H2,(H,19,20,21)/t10-,11-,13-,14-/m1/s1. The van der Waals surface area contributed by atoms with Crippen LogP contribution in [0.25, 0.3) is 22.4 Å². The molecule has 25 heavy (non-hydrogen) atoms. The molecule has 130 valence electrons. The van der Waals surface area contributed by atoms with Crippen LogP contribution in [0.3, 0.4) is 0 Å². The first-order valence-corrected chi connectivity index (χ1v) is 8.34. The largest absolute Gasteiger partial charge is 0.456 e. The van der Waals surface area contributed by atoms with Crippen LogP contribution in [0.1, 0.15) is 0 Å². The Morgan fingerprint density at radius 2 is 2.12 bits per heavy atom. The molecule has 2 aliphatic heterocycles. The zero-order chi connectivity index (χ0) is 17.0. The van der Waals surface area contributed by atoms with Gasteiger partial charge in [0, 0.05) is 18.0 Å². The van der Waals surface area contributed by atoms with Gasteiger partial charge in [0.1, 0.15) is 18.3 Å². The molecule has 5 rings (SSSR count). The van der Waals surface area contributed by atoms with Crippen LogP contribution in [0.4, 0.5) is 0 Å². The Hall–Kier alpha value is -2.13. The van der Waals surface area contributed by atoms with Crippen LogP contribution in [0, 0.1) is 0 Å². The second-order valence-electron chi connectivity index (χ2n) is 6.15. The van der Waals surface area contributed by atoms with Gasteiger partial charge in [-0.25, -0.2) is 4.98 Å². The fraction of sp³-hybridized carbons (Fsp3) is 0.375.